The summed E-state index contributed by atoms with van der Waals surface area (Å²) in [5.74, 6) is 0. The SMILES string of the molecule is NC1=C2NCNC23CCCCC3N=C1. The van der Waals surface area contributed by atoms with Crippen molar-refractivity contribution in [2.75, 3.05) is 6.67 Å². The van der Waals surface area contributed by atoms with E-state index in [0.717, 1.165) is 18.8 Å². The third kappa shape index (κ3) is 0.892. The van der Waals surface area contributed by atoms with Crippen LogP contribution in [0.4, 0.5) is 0 Å². The number of nitrogens with two attached hydrogens (primary N) is 1. The molecule has 1 aliphatic carbocycles. The highest BCUT2D eigenvalue weighted by molar-refractivity contribution is 5.81. The minimum absolute atomic E-state index is 0.0527. The smallest absolute Gasteiger partial charge is 0.0844 e. The number of nitrogens with zero attached hydrogens (tertiary/aromatic N) is 1. The standard InChI is InChI=1S/C10H16N4/c11-7-5-12-8-3-1-2-4-10(8)9(7)13-6-14-10/h5,8,13-14H,1-4,6,11H2. The van der Waals surface area contributed by atoms with Crippen molar-refractivity contribution in [3.8, 4) is 0 Å². The first-order chi connectivity index (χ1) is 6.83. The average molecular weight is 192 g/mol. The maximum Gasteiger partial charge on any atom is 0.0844 e. The Kier molecular flexibility index (Phi) is 1.62. The quantitative estimate of drug-likeness (QED) is 0.509. The maximum atomic E-state index is 5.95. The van der Waals surface area contributed by atoms with Crippen LogP contribution in [0.3, 0.4) is 0 Å². The highest BCUT2D eigenvalue weighted by Gasteiger charge is 2.48. The molecule has 4 nitrogen and oxygen atoms in total. The zero-order chi connectivity index (χ0) is 9.60. The molecule has 0 radical (unpaired) electrons. The lowest BCUT2D eigenvalue weighted by molar-refractivity contribution is 0.262. The Labute approximate surface area is 83.7 Å². The van der Waals surface area contributed by atoms with Crippen LogP contribution in [0.25, 0.3) is 0 Å². The first-order valence-electron chi connectivity index (χ1n) is 5.35. The number of allylic oxidation sites excluding steroid dienone is 1. The number of hydrogen-bond donors (Lipinski definition) is 3. The molecule has 0 aromatic rings. The second-order valence-corrected chi connectivity index (χ2v) is 4.37. The van der Waals surface area contributed by atoms with Gasteiger partial charge in [0.2, 0.25) is 0 Å². The van der Waals surface area contributed by atoms with E-state index in [-0.39, 0.29) is 5.54 Å². The fourth-order valence-electron chi connectivity index (χ4n) is 2.98. The number of aliphatic imine (C=N–C) groups is 1. The van der Waals surface area contributed by atoms with Crippen LogP contribution in [0, 0.1) is 0 Å². The summed E-state index contributed by atoms with van der Waals surface area (Å²) < 4.78 is 0. The van der Waals surface area contributed by atoms with Crippen LogP contribution in [0.1, 0.15) is 25.7 Å². The molecule has 2 atom stereocenters. The highest BCUT2D eigenvalue weighted by atomic mass is 15.3. The van der Waals surface area contributed by atoms with Crippen molar-refractivity contribution < 1.29 is 0 Å². The molecule has 3 aliphatic rings. The van der Waals surface area contributed by atoms with E-state index in [1.165, 1.54) is 25.0 Å². The molecule has 3 rings (SSSR count). The molecule has 0 aromatic heterocycles. The molecular formula is C10H16N4. The summed E-state index contributed by atoms with van der Waals surface area (Å²) in [4.78, 5) is 4.56. The molecular weight excluding hydrogens is 176 g/mol. The minimum atomic E-state index is 0.0527. The van der Waals surface area contributed by atoms with Gasteiger partial charge in [-0.15, -0.1) is 0 Å². The van der Waals surface area contributed by atoms with Crippen LogP contribution < -0.4 is 16.4 Å². The molecule has 76 valence electrons. The fourth-order valence-corrected chi connectivity index (χ4v) is 2.98. The van der Waals surface area contributed by atoms with Gasteiger partial charge in [0.15, 0.2) is 0 Å². The van der Waals surface area contributed by atoms with E-state index in [1.54, 1.807) is 0 Å². The van der Waals surface area contributed by atoms with Crippen molar-refractivity contribution in [1.82, 2.24) is 10.6 Å². The van der Waals surface area contributed by atoms with Crippen molar-refractivity contribution in [2.45, 2.75) is 37.3 Å². The van der Waals surface area contributed by atoms with Crippen molar-refractivity contribution in [1.29, 1.82) is 0 Å². The van der Waals surface area contributed by atoms with Crippen molar-refractivity contribution in [2.24, 2.45) is 10.7 Å². The lowest BCUT2D eigenvalue weighted by Gasteiger charge is -2.41. The zero-order valence-electron chi connectivity index (χ0n) is 8.21. The Morgan fingerprint density at radius 3 is 3.36 bits per heavy atom. The minimum Gasteiger partial charge on any atom is -0.396 e. The summed E-state index contributed by atoms with van der Waals surface area (Å²) >= 11 is 0. The predicted molar refractivity (Wildman–Crippen MR) is 55.8 cm³/mol. The molecule has 1 saturated carbocycles. The third-order valence-electron chi connectivity index (χ3n) is 3.66. The molecule has 0 aromatic carbocycles. The van der Waals surface area contributed by atoms with Crippen LogP contribution >= 0.6 is 0 Å². The number of nitrogens with one attached hydrogen (secondary N) is 2. The summed E-state index contributed by atoms with van der Waals surface area (Å²) in [5, 5.41) is 6.89. The van der Waals surface area contributed by atoms with E-state index in [2.05, 4.69) is 15.6 Å². The zero-order valence-corrected chi connectivity index (χ0v) is 8.21. The number of hydrogen-bond acceptors (Lipinski definition) is 4. The molecule has 1 spiro atoms. The first kappa shape index (κ1) is 8.29. The molecule has 4 N–H and O–H groups in total. The number of rotatable bonds is 0. The predicted octanol–water partition coefficient (Wildman–Crippen LogP) is 0.0728. The Balaban J connectivity index is 2.07. The Morgan fingerprint density at radius 1 is 1.50 bits per heavy atom. The van der Waals surface area contributed by atoms with E-state index < -0.39 is 0 Å². The molecule has 2 aliphatic heterocycles. The van der Waals surface area contributed by atoms with Gasteiger partial charge in [-0.25, -0.2) is 0 Å². The highest BCUT2D eigenvalue weighted by Crippen LogP contribution is 2.39. The van der Waals surface area contributed by atoms with E-state index in [4.69, 9.17) is 5.73 Å². The number of dihydropyridines is 1. The van der Waals surface area contributed by atoms with Crippen LogP contribution in [0.15, 0.2) is 16.4 Å². The summed E-state index contributed by atoms with van der Waals surface area (Å²) in [6, 6.07) is 0.397. The lowest BCUT2D eigenvalue weighted by atomic mass is 9.74. The van der Waals surface area contributed by atoms with E-state index >= 15 is 0 Å². The molecule has 2 unspecified atom stereocenters. The van der Waals surface area contributed by atoms with Gasteiger partial charge >= 0.3 is 0 Å². The van der Waals surface area contributed by atoms with Gasteiger partial charge in [-0.3, -0.25) is 10.3 Å². The second kappa shape index (κ2) is 2.73. The Morgan fingerprint density at radius 2 is 2.43 bits per heavy atom. The normalized spacial score (nSPS) is 40.4. The largest absolute Gasteiger partial charge is 0.396 e. The summed E-state index contributed by atoms with van der Waals surface area (Å²) in [5.41, 5.74) is 8.01. The average Bonchev–Trinajstić information content (AvgIpc) is 2.62. The van der Waals surface area contributed by atoms with E-state index in [0.29, 0.717) is 6.04 Å². The Hall–Kier alpha value is -1.03. The monoisotopic (exact) mass is 192 g/mol. The molecule has 1 saturated heterocycles. The van der Waals surface area contributed by atoms with Gasteiger partial charge in [-0.1, -0.05) is 12.8 Å². The topological polar surface area (TPSA) is 62.4 Å². The molecule has 2 fully saturated rings. The van der Waals surface area contributed by atoms with Gasteiger partial charge in [0, 0.05) is 6.21 Å². The van der Waals surface area contributed by atoms with E-state index in [1.807, 2.05) is 6.21 Å². The van der Waals surface area contributed by atoms with Gasteiger partial charge in [-0.2, -0.15) is 0 Å². The van der Waals surface area contributed by atoms with Gasteiger partial charge in [0.1, 0.15) is 0 Å². The molecule has 0 amide bonds. The molecule has 0 bridgehead atoms. The van der Waals surface area contributed by atoms with Crippen LogP contribution in [0.2, 0.25) is 0 Å². The third-order valence-corrected chi connectivity index (χ3v) is 3.66. The van der Waals surface area contributed by atoms with Gasteiger partial charge in [0.05, 0.1) is 29.6 Å². The van der Waals surface area contributed by atoms with Crippen LogP contribution in [-0.4, -0.2) is 24.5 Å². The maximum absolute atomic E-state index is 5.95. The summed E-state index contributed by atoms with van der Waals surface area (Å²) in [7, 11) is 0. The summed E-state index contributed by atoms with van der Waals surface area (Å²) in [6.07, 6.45) is 6.74. The molecule has 4 heteroatoms. The summed E-state index contributed by atoms with van der Waals surface area (Å²) in [6.45, 7) is 0.829. The molecule has 2 heterocycles. The first-order valence-corrected chi connectivity index (χ1v) is 5.35. The van der Waals surface area contributed by atoms with Crippen molar-refractivity contribution in [3.05, 3.63) is 11.4 Å². The lowest BCUT2D eigenvalue weighted by Crippen LogP contribution is -2.55. The Bertz CT molecular complexity index is 320. The molecule has 14 heavy (non-hydrogen) atoms. The van der Waals surface area contributed by atoms with Crippen LogP contribution in [-0.2, 0) is 0 Å². The van der Waals surface area contributed by atoms with Crippen molar-refractivity contribution >= 4 is 6.21 Å². The van der Waals surface area contributed by atoms with Gasteiger partial charge < -0.3 is 11.1 Å². The van der Waals surface area contributed by atoms with Gasteiger partial charge in [0.25, 0.3) is 0 Å². The van der Waals surface area contributed by atoms with Crippen molar-refractivity contribution in [3.63, 3.8) is 0 Å². The fraction of sp³-hybridized carbons (Fsp3) is 0.700. The van der Waals surface area contributed by atoms with E-state index in [9.17, 15) is 0 Å². The second-order valence-electron chi connectivity index (χ2n) is 4.37. The van der Waals surface area contributed by atoms with Crippen LogP contribution in [0.5, 0.6) is 0 Å². The van der Waals surface area contributed by atoms with Gasteiger partial charge in [-0.05, 0) is 12.8 Å².